The lowest BCUT2D eigenvalue weighted by Crippen LogP contribution is -2.38. The number of amides is 1. The second-order valence-corrected chi connectivity index (χ2v) is 6.65. The van der Waals surface area contributed by atoms with Gasteiger partial charge in [-0.05, 0) is 32.0 Å². The van der Waals surface area contributed by atoms with Crippen molar-refractivity contribution in [2.24, 2.45) is 0 Å². The van der Waals surface area contributed by atoms with E-state index in [1.807, 2.05) is 19.9 Å². The number of rotatable bonds is 4. The van der Waals surface area contributed by atoms with E-state index in [1.165, 1.54) is 30.6 Å². The summed E-state index contributed by atoms with van der Waals surface area (Å²) >= 11 is 0. The number of H-pyrrole nitrogens is 1. The molecule has 0 atom stereocenters. The SMILES string of the molecule is Cc1cc(C)n(-c2cc(NC(=O)c3c[nH]c(=O)n(-c4ccccc4F)c3=O)ncn2)n1. The van der Waals surface area contributed by atoms with Crippen molar-refractivity contribution in [3.63, 3.8) is 0 Å². The zero-order valence-corrected chi connectivity index (χ0v) is 16.5. The summed E-state index contributed by atoms with van der Waals surface area (Å²) in [5, 5.41) is 6.81. The summed E-state index contributed by atoms with van der Waals surface area (Å²) < 4.78 is 16.3. The highest BCUT2D eigenvalue weighted by atomic mass is 19.1. The van der Waals surface area contributed by atoms with E-state index in [0.29, 0.717) is 10.4 Å². The Morgan fingerprint density at radius 1 is 1.13 bits per heavy atom. The van der Waals surface area contributed by atoms with Crippen molar-refractivity contribution >= 4 is 11.7 Å². The molecule has 1 amide bonds. The van der Waals surface area contributed by atoms with E-state index in [9.17, 15) is 18.8 Å². The van der Waals surface area contributed by atoms with Crippen molar-refractivity contribution in [2.75, 3.05) is 5.32 Å². The first-order valence-electron chi connectivity index (χ1n) is 9.12. The molecular weight excluding hydrogens is 405 g/mol. The topological polar surface area (TPSA) is 128 Å². The molecule has 11 heteroatoms. The van der Waals surface area contributed by atoms with Crippen LogP contribution < -0.4 is 16.6 Å². The number of anilines is 1. The minimum atomic E-state index is -0.973. The van der Waals surface area contributed by atoms with Gasteiger partial charge in [0.1, 0.15) is 23.5 Å². The maximum absolute atomic E-state index is 14.1. The number of carbonyl (C=O) groups excluding carboxylic acids is 1. The number of hydrogen-bond acceptors (Lipinski definition) is 6. The van der Waals surface area contributed by atoms with Crippen LogP contribution in [0.4, 0.5) is 10.2 Å². The number of nitrogens with one attached hydrogen (secondary N) is 2. The van der Waals surface area contributed by atoms with Gasteiger partial charge in [0.25, 0.3) is 11.5 Å². The van der Waals surface area contributed by atoms with Crippen molar-refractivity contribution in [3.05, 3.63) is 92.5 Å². The molecule has 0 saturated heterocycles. The number of carbonyl (C=O) groups is 1. The molecule has 0 bridgehead atoms. The minimum absolute atomic E-state index is 0.116. The fourth-order valence-electron chi connectivity index (χ4n) is 3.06. The van der Waals surface area contributed by atoms with Crippen molar-refractivity contribution < 1.29 is 9.18 Å². The van der Waals surface area contributed by atoms with Gasteiger partial charge in [0.15, 0.2) is 5.82 Å². The van der Waals surface area contributed by atoms with Crippen molar-refractivity contribution in [2.45, 2.75) is 13.8 Å². The average Bonchev–Trinajstić information content (AvgIpc) is 3.07. The van der Waals surface area contributed by atoms with Gasteiger partial charge in [-0.3, -0.25) is 9.59 Å². The molecule has 10 nitrogen and oxygen atoms in total. The summed E-state index contributed by atoms with van der Waals surface area (Å²) in [6.07, 6.45) is 2.21. The number of halogens is 1. The Labute approximate surface area is 174 Å². The number of aryl methyl sites for hydroxylation is 2. The van der Waals surface area contributed by atoms with Crippen molar-refractivity contribution in [1.29, 1.82) is 0 Å². The lowest BCUT2D eigenvalue weighted by molar-refractivity contribution is 0.102. The fraction of sp³-hybridized carbons (Fsp3) is 0.100. The summed E-state index contributed by atoms with van der Waals surface area (Å²) in [6.45, 7) is 3.69. The number of nitrogens with zero attached hydrogens (tertiary/aromatic N) is 5. The molecule has 0 radical (unpaired) electrons. The first kappa shape index (κ1) is 19.9. The molecule has 3 heterocycles. The van der Waals surface area contributed by atoms with Crippen molar-refractivity contribution in [3.8, 4) is 11.5 Å². The third-order valence-corrected chi connectivity index (χ3v) is 4.44. The third kappa shape index (κ3) is 3.75. The summed E-state index contributed by atoms with van der Waals surface area (Å²) in [6, 6.07) is 8.61. The highest BCUT2D eigenvalue weighted by Crippen LogP contribution is 2.13. The van der Waals surface area contributed by atoms with E-state index >= 15 is 0 Å². The molecule has 4 rings (SSSR count). The van der Waals surface area contributed by atoms with Gasteiger partial charge in [-0.1, -0.05) is 12.1 Å². The molecule has 0 unspecified atom stereocenters. The molecular formula is C20H16FN7O3. The second kappa shape index (κ2) is 7.78. The monoisotopic (exact) mass is 421 g/mol. The molecule has 0 spiro atoms. The smallest absolute Gasteiger partial charge is 0.313 e. The number of benzene rings is 1. The third-order valence-electron chi connectivity index (χ3n) is 4.44. The van der Waals surface area contributed by atoms with Gasteiger partial charge in [0, 0.05) is 18.0 Å². The van der Waals surface area contributed by atoms with Crippen LogP contribution in [-0.4, -0.2) is 35.2 Å². The average molecular weight is 421 g/mol. The van der Waals surface area contributed by atoms with Crippen LogP contribution in [0.3, 0.4) is 0 Å². The van der Waals surface area contributed by atoms with Crippen LogP contribution in [0.15, 0.2) is 58.5 Å². The Morgan fingerprint density at radius 3 is 2.61 bits per heavy atom. The molecule has 0 saturated carbocycles. The van der Waals surface area contributed by atoms with Crippen LogP contribution in [0.25, 0.3) is 11.5 Å². The van der Waals surface area contributed by atoms with Crippen LogP contribution in [0.1, 0.15) is 21.7 Å². The van der Waals surface area contributed by atoms with Gasteiger partial charge in [-0.25, -0.2) is 28.4 Å². The summed E-state index contributed by atoms with van der Waals surface area (Å²) in [5.74, 6) is -1.07. The maximum Gasteiger partial charge on any atom is 0.333 e. The number of hydrogen-bond donors (Lipinski definition) is 2. The molecule has 4 aromatic rings. The molecule has 1 aromatic carbocycles. The predicted molar refractivity (Wildman–Crippen MR) is 109 cm³/mol. The fourth-order valence-corrected chi connectivity index (χ4v) is 3.06. The van der Waals surface area contributed by atoms with Crippen molar-refractivity contribution in [1.82, 2.24) is 29.3 Å². The summed E-state index contributed by atoms with van der Waals surface area (Å²) in [7, 11) is 0. The number of aromatic nitrogens is 6. The Morgan fingerprint density at radius 2 is 1.90 bits per heavy atom. The largest absolute Gasteiger partial charge is 0.333 e. The molecule has 3 aromatic heterocycles. The number of para-hydroxylation sites is 1. The molecule has 0 aliphatic rings. The van der Waals surface area contributed by atoms with E-state index in [2.05, 4.69) is 25.4 Å². The highest BCUT2D eigenvalue weighted by Gasteiger charge is 2.18. The van der Waals surface area contributed by atoms with Crippen LogP contribution in [-0.2, 0) is 0 Å². The zero-order chi connectivity index (χ0) is 22.1. The van der Waals surface area contributed by atoms with Gasteiger partial charge in [0.2, 0.25) is 0 Å². The van der Waals surface area contributed by atoms with Gasteiger partial charge >= 0.3 is 5.69 Å². The van der Waals surface area contributed by atoms with E-state index in [1.54, 1.807) is 4.68 Å². The van der Waals surface area contributed by atoms with E-state index < -0.39 is 28.5 Å². The quantitative estimate of drug-likeness (QED) is 0.514. The van der Waals surface area contributed by atoms with Gasteiger partial charge in [-0.2, -0.15) is 5.10 Å². The molecule has 0 aliphatic heterocycles. The van der Waals surface area contributed by atoms with Gasteiger partial charge < -0.3 is 10.3 Å². The van der Waals surface area contributed by atoms with E-state index in [0.717, 1.165) is 23.7 Å². The van der Waals surface area contributed by atoms with Crippen LogP contribution in [0.2, 0.25) is 0 Å². The molecule has 0 aliphatic carbocycles. The first-order valence-corrected chi connectivity index (χ1v) is 9.12. The van der Waals surface area contributed by atoms with E-state index in [4.69, 9.17) is 0 Å². The Bertz CT molecular complexity index is 1420. The summed E-state index contributed by atoms with van der Waals surface area (Å²) in [4.78, 5) is 48.0. The lowest BCUT2D eigenvalue weighted by atomic mass is 10.2. The number of aromatic amines is 1. The Kier molecular flexibility index (Phi) is 4.99. The van der Waals surface area contributed by atoms with Crippen LogP contribution in [0.5, 0.6) is 0 Å². The zero-order valence-electron chi connectivity index (χ0n) is 16.5. The molecule has 0 fully saturated rings. The summed E-state index contributed by atoms with van der Waals surface area (Å²) in [5.41, 5.74) is -0.878. The molecule has 2 N–H and O–H groups in total. The Hall–Kier alpha value is -4.41. The highest BCUT2D eigenvalue weighted by molar-refractivity contribution is 6.03. The van der Waals surface area contributed by atoms with Crippen LogP contribution in [0, 0.1) is 19.7 Å². The van der Waals surface area contributed by atoms with Crippen LogP contribution >= 0.6 is 0 Å². The maximum atomic E-state index is 14.1. The van der Waals surface area contributed by atoms with Gasteiger partial charge in [-0.15, -0.1) is 0 Å². The normalized spacial score (nSPS) is 10.8. The standard InChI is InChI=1S/C20H16FN7O3/c1-11-7-12(2)28(26-11)17-8-16(23-10-24-17)25-18(29)13-9-22-20(31)27(19(13)30)15-6-4-3-5-14(15)21/h3-10H,1-2H3,(H,22,31)(H,23,24,25,29). The Balaban J connectivity index is 1.69. The van der Waals surface area contributed by atoms with E-state index in [-0.39, 0.29) is 11.5 Å². The van der Waals surface area contributed by atoms with Gasteiger partial charge in [0.05, 0.1) is 11.4 Å². The molecule has 156 valence electrons. The minimum Gasteiger partial charge on any atom is -0.313 e. The second-order valence-electron chi connectivity index (χ2n) is 6.65. The molecule has 31 heavy (non-hydrogen) atoms. The predicted octanol–water partition coefficient (Wildman–Crippen LogP) is 1.51. The lowest BCUT2D eigenvalue weighted by Gasteiger charge is -2.09. The first-order chi connectivity index (χ1) is 14.8.